The smallest absolute Gasteiger partial charge is 0.161 e. The second-order valence-electron chi connectivity index (χ2n) is 5.90. The lowest BCUT2D eigenvalue weighted by atomic mass is 10.1. The predicted octanol–water partition coefficient (Wildman–Crippen LogP) is 4.82. The van der Waals surface area contributed by atoms with Gasteiger partial charge in [-0.15, -0.1) is 0 Å². The Labute approximate surface area is 152 Å². The van der Waals surface area contributed by atoms with E-state index in [1.165, 1.54) is 0 Å². The Hall–Kier alpha value is -3.53. The fourth-order valence-electron chi connectivity index (χ4n) is 2.72. The monoisotopic (exact) mass is 338 g/mol. The molecule has 26 heavy (non-hydrogen) atoms. The summed E-state index contributed by atoms with van der Waals surface area (Å²) >= 11 is 0. The first-order chi connectivity index (χ1) is 12.9. The summed E-state index contributed by atoms with van der Waals surface area (Å²) in [7, 11) is 0. The number of anilines is 1. The molecule has 1 N–H and O–H groups in total. The van der Waals surface area contributed by atoms with Crippen molar-refractivity contribution in [1.82, 2.24) is 15.0 Å². The van der Waals surface area contributed by atoms with Gasteiger partial charge in [0.05, 0.1) is 17.9 Å². The highest BCUT2D eigenvalue weighted by molar-refractivity contribution is 5.64. The van der Waals surface area contributed by atoms with Crippen LogP contribution in [0.3, 0.4) is 0 Å². The van der Waals surface area contributed by atoms with Crippen LogP contribution in [0.5, 0.6) is 0 Å². The van der Waals surface area contributed by atoms with E-state index in [2.05, 4.69) is 22.4 Å². The van der Waals surface area contributed by atoms with Crippen molar-refractivity contribution < 1.29 is 0 Å². The minimum Gasteiger partial charge on any atom is -0.379 e. The minimum atomic E-state index is 0.625. The molecule has 4 rings (SSSR count). The van der Waals surface area contributed by atoms with Gasteiger partial charge in [-0.1, -0.05) is 48.5 Å². The fourth-order valence-corrected chi connectivity index (χ4v) is 2.72. The van der Waals surface area contributed by atoms with Gasteiger partial charge in [0, 0.05) is 29.2 Å². The Morgan fingerprint density at radius 1 is 0.731 bits per heavy atom. The van der Waals surface area contributed by atoms with Gasteiger partial charge in [0.15, 0.2) is 5.82 Å². The van der Waals surface area contributed by atoms with Crippen LogP contribution in [-0.4, -0.2) is 15.0 Å². The first-order valence-electron chi connectivity index (χ1n) is 8.51. The number of hydrogen-bond donors (Lipinski definition) is 1. The summed E-state index contributed by atoms with van der Waals surface area (Å²) in [6, 6.07) is 26.2. The van der Waals surface area contributed by atoms with E-state index in [0.29, 0.717) is 12.4 Å². The molecule has 0 aliphatic heterocycles. The third-order valence-electron chi connectivity index (χ3n) is 4.02. The van der Waals surface area contributed by atoms with E-state index in [1.807, 2.05) is 66.7 Å². The van der Waals surface area contributed by atoms with Crippen LogP contribution in [-0.2, 0) is 6.54 Å². The maximum absolute atomic E-state index is 4.75. The van der Waals surface area contributed by atoms with Gasteiger partial charge in [0.2, 0.25) is 0 Å². The molecule has 0 aliphatic rings. The average Bonchev–Trinajstić information content (AvgIpc) is 2.74. The number of para-hydroxylation sites is 1. The highest BCUT2D eigenvalue weighted by Crippen LogP contribution is 2.22. The molecular formula is C22H18N4. The van der Waals surface area contributed by atoms with Crippen molar-refractivity contribution >= 4 is 5.69 Å². The molecule has 4 heteroatoms. The molecule has 0 bridgehead atoms. The van der Waals surface area contributed by atoms with Gasteiger partial charge < -0.3 is 5.32 Å². The molecule has 4 aromatic rings. The van der Waals surface area contributed by atoms with Crippen LogP contribution >= 0.6 is 0 Å². The quantitative estimate of drug-likeness (QED) is 0.567. The first-order valence-corrected chi connectivity index (χ1v) is 8.51. The molecule has 0 unspecified atom stereocenters. The second kappa shape index (κ2) is 7.57. The summed E-state index contributed by atoms with van der Waals surface area (Å²) in [5.41, 5.74) is 4.88. The number of nitrogens with zero attached hydrogens (tertiary/aromatic N) is 3. The van der Waals surface area contributed by atoms with Gasteiger partial charge >= 0.3 is 0 Å². The highest BCUT2D eigenvalue weighted by Gasteiger charge is 2.09. The molecule has 2 aromatic carbocycles. The number of rotatable bonds is 5. The Bertz CT molecular complexity index is 913. The van der Waals surface area contributed by atoms with Crippen molar-refractivity contribution in [1.29, 1.82) is 0 Å². The van der Waals surface area contributed by atoms with Crippen molar-refractivity contribution in [2.75, 3.05) is 5.32 Å². The summed E-state index contributed by atoms with van der Waals surface area (Å²) in [4.78, 5) is 13.7. The molecule has 4 nitrogen and oxygen atoms in total. The Morgan fingerprint density at radius 2 is 1.46 bits per heavy atom. The van der Waals surface area contributed by atoms with Crippen LogP contribution in [0.2, 0.25) is 0 Å². The van der Waals surface area contributed by atoms with E-state index in [0.717, 1.165) is 28.2 Å². The number of benzene rings is 2. The molecule has 0 aliphatic carbocycles. The third-order valence-corrected chi connectivity index (χ3v) is 4.02. The Kier molecular flexibility index (Phi) is 4.65. The van der Waals surface area contributed by atoms with Crippen molar-refractivity contribution in [2.45, 2.75) is 6.54 Å². The van der Waals surface area contributed by atoms with Gasteiger partial charge in [-0.05, 0) is 30.3 Å². The number of pyridine rings is 1. The van der Waals surface area contributed by atoms with E-state index < -0.39 is 0 Å². The molecule has 126 valence electrons. The average molecular weight is 338 g/mol. The molecule has 0 spiro atoms. The van der Waals surface area contributed by atoms with Crippen LogP contribution < -0.4 is 5.32 Å². The zero-order valence-electron chi connectivity index (χ0n) is 14.2. The lowest BCUT2D eigenvalue weighted by molar-refractivity contribution is 1.01. The number of aromatic nitrogens is 3. The van der Waals surface area contributed by atoms with Gasteiger partial charge in [0.25, 0.3) is 0 Å². The molecule has 0 radical (unpaired) electrons. The minimum absolute atomic E-state index is 0.625. The van der Waals surface area contributed by atoms with Crippen LogP contribution in [0, 0.1) is 0 Å². The Balaban J connectivity index is 1.70. The Morgan fingerprint density at radius 3 is 2.19 bits per heavy atom. The van der Waals surface area contributed by atoms with Crippen LogP contribution in [0.4, 0.5) is 5.69 Å². The molecule has 2 heterocycles. The SMILES string of the molecule is c1ccc(NCc2cc(-c3ccccc3)nc(-c3cccnc3)n2)cc1. The normalized spacial score (nSPS) is 10.5. The second-order valence-corrected chi connectivity index (χ2v) is 5.90. The zero-order valence-corrected chi connectivity index (χ0v) is 14.2. The molecule has 2 aromatic heterocycles. The summed E-state index contributed by atoms with van der Waals surface area (Å²) in [5, 5.41) is 3.41. The molecule has 0 amide bonds. The maximum atomic E-state index is 4.75. The number of nitrogens with one attached hydrogen (secondary N) is 1. The van der Waals surface area contributed by atoms with E-state index >= 15 is 0 Å². The van der Waals surface area contributed by atoms with E-state index in [1.54, 1.807) is 12.4 Å². The lowest BCUT2D eigenvalue weighted by Gasteiger charge is -2.10. The topological polar surface area (TPSA) is 50.7 Å². The van der Waals surface area contributed by atoms with Crippen molar-refractivity contribution in [3.63, 3.8) is 0 Å². The largest absolute Gasteiger partial charge is 0.379 e. The lowest BCUT2D eigenvalue weighted by Crippen LogP contribution is -2.04. The van der Waals surface area contributed by atoms with Gasteiger partial charge in [0.1, 0.15) is 0 Å². The molecule has 0 atom stereocenters. The summed E-state index contributed by atoms with van der Waals surface area (Å²) in [5.74, 6) is 0.685. The van der Waals surface area contributed by atoms with Gasteiger partial charge in [-0.3, -0.25) is 4.98 Å². The van der Waals surface area contributed by atoms with Crippen LogP contribution in [0.25, 0.3) is 22.6 Å². The zero-order chi connectivity index (χ0) is 17.6. The third kappa shape index (κ3) is 3.75. The maximum Gasteiger partial charge on any atom is 0.161 e. The molecule has 0 fully saturated rings. The van der Waals surface area contributed by atoms with E-state index in [9.17, 15) is 0 Å². The van der Waals surface area contributed by atoms with Gasteiger partial charge in [-0.25, -0.2) is 9.97 Å². The molecule has 0 saturated carbocycles. The van der Waals surface area contributed by atoms with Crippen LogP contribution in [0.15, 0.2) is 91.3 Å². The van der Waals surface area contributed by atoms with E-state index in [-0.39, 0.29) is 0 Å². The highest BCUT2D eigenvalue weighted by atomic mass is 14.9. The van der Waals surface area contributed by atoms with Gasteiger partial charge in [-0.2, -0.15) is 0 Å². The standard InChI is InChI=1S/C22H18N4/c1-3-8-17(9-4-1)21-14-20(16-24-19-11-5-2-6-12-19)25-22(26-21)18-10-7-13-23-15-18/h1-15,24H,16H2. The van der Waals surface area contributed by atoms with Crippen LogP contribution in [0.1, 0.15) is 5.69 Å². The van der Waals surface area contributed by atoms with Crippen molar-refractivity contribution in [3.05, 3.63) is 97.0 Å². The summed E-state index contributed by atoms with van der Waals surface area (Å²) < 4.78 is 0. The first kappa shape index (κ1) is 16.0. The summed E-state index contributed by atoms with van der Waals surface area (Å²) in [6.07, 6.45) is 3.54. The molecular weight excluding hydrogens is 320 g/mol. The van der Waals surface area contributed by atoms with E-state index in [4.69, 9.17) is 9.97 Å². The molecule has 0 saturated heterocycles. The predicted molar refractivity (Wildman–Crippen MR) is 104 cm³/mol. The number of hydrogen-bond acceptors (Lipinski definition) is 4. The summed E-state index contributed by atoms with van der Waals surface area (Å²) in [6.45, 7) is 0.625. The fraction of sp³-hybridized carbons (Fsp3) is 0.0455. The van der Waals surface area contributed by atoms with Crippen molar-refractivity contribution in [2.24, 2.45) is 0 Å². The van der Waals surface area contributed by atoms with Crippen molar-refractivity contribution in [3.8, 4) is 22.6 Å².